The third kappa shape index (κ3) is 4.62. The van der Waals surface area contributed by atoms with Crippen molar-refractivity contribution in [1.82, 2.24) is 4.98 Å². The SMILES string of the molecule is COc1ccc(Cl)cc1NC(=O)C(C)Sc1cc(C#N)ccn1. The molecule has 1 unspecified atom stereocenters. The molecule has 0 fully saturated rings. The summed E-state index contributed by atoms with van der Waals surface area (Å²) in [5, 5.41) is 12.4. The number of anilines is 1. The summed E-state index contributed by atoms with van der Waals surface area (Å²) in [6, 6.07) is 10.3. The highest BCUT2D eigenvalue weighted by Gasteiger charge is 2.17. The molecule has 118 valence electrons. The number of nitriles is 1. The van der Waals surface area contributed by atoms with E-state index in [9.17, 15) is 4.79 Å². The van der Waals surface area contributed by atoms with Gasteiger partial charge in [0.15, 0.2) is 0 Å². The predicted octanol–water partition coefficient (Wildman–Crippen LogP) is 3.73. The molecule has 0 aliphatic heterocycles. The van der Waals surface area contributed by atoms with E-state index in [1.165, 1.54) is 18.9 Å². The van der Waals surface area contributed by atoms with E-state index in [-0.39, 0.29) is 5.91 Å². The number of nitrogens with one attached hydrogen (secondary N) is 1. The Hall–Kier alpha value is -2.23. The number of thioether (sulfide) groups is 1. The molecule has 0 aliphatic rings. The van der Waals surface area contributed by atoms with Crippen LogP contribution in [0.4, 0.5) is 5.69 Å². The monoisotopic (exact) mass is 347 g/mol. The summed E-state index contributed by atoms with van der Waals surface area (Å²) in [6.45, 7) is 1.76. The number of amides is 1. The van der Waals surface area contributed by atoms with Crippen molar-refractivity contribution in [3.63, 3.8) is 0 Å². The first-order valence-corrected chi connectivity index (χ1v) is 7.96. The second-order valence-electron chi connectivity index (χ2n) is 4.59. The van der Waals surface area contributed by atoms with Gasteiger partial charge in [-0.1, -0.05) is 23.4 Å². The fourth-order valence-electron chi connectivity index (χ4n) is 1.79. The number of carbonyl (C=O) groups is 1. The molecule has 1 aromatic carbocycles. The van der Waals surface area contributed by atoms with E-state index in [2.05, 4.69) is 10.3 Å². The molecule has 23 heavy (non-hydrogen) atoms. The largest absolute Gasteiger partial charge is 0.495 e. The van der Waals surface area contributed by atoms with Gasteiger partial charge in [0.2, 0.25) is 5.91 Å². The number of carbonyl (C=O) groups excluding carboxylic acids is 1. The first-order chi connectivity index (χ1) is 11.0. The number of aromatic nitrogens is 1. The summed E-state index contributed by atoms with van der Waals surface area (Å²) in [4.78, 5) is 16.5. The van der Waals surface area contributed by atoms with Gasteiger partial charge < -0.3 is 10.1 Å². The van der Waals surface area contributed by atoms with E-state index in [4.69, 9.17) is 21.6 Å². The molecule has 2 aromatic rings. The Morgan fingerprint density at radius 2 is 2.22 bits per heavy atom. The Morgan fingerprint density at radius 1 is 1.43 bits per heavy atom. The number of rotatable bonds is 5. The highest BCUT2D eigenvalue weighted by Crippen LogP contribution is 2.29. The minimum absolute atomic E-state index is 0.209. The zero-order valence-corrected chi connectivity index (χ0v) is 14.1. The van der Waals surface area contributed by atoms with Crippen LogP contribution in [0.5, 0.6) is 5.75 Å². The van der Waals surface area contributed by atoms with Crippen LogP contribution in [-0.4, -0.2) is 23.3 Å². The Kier molecular flexibility index (Phi) is 5.85. The lowest BCUT2D eigenvalue weighted by atomic mass is 10.3. The van der Waals surface area contributed by atoms with Crippen molar-refractivity contribution < 1.29 is 9.53 Å². The van der Waals surface area contributed by atoms with Crippen molar-refractivity contribution in [3.05, 3.63) is 47.1 Å². The fraction of sp³-hybridized carbons (Fsp3) is 0.188. The van der Waals surface area contributed by atoms with Gasteiger partial charge >= 0.3 is 0 Å². The van der Waals surface area contributed by atoms with Crippen molar-refractivity contribution in [3.8, 4) is 11.8 Å². The lowest BCUT2D eigenvalue weighted by molar-refractivity contribution is -0.115. The van der Waals surface area contributed by atoms with Gasteiger partial charge in [-0.15, -0.1) is 0 Å². The van der Waals surface area contributed by atoms with Crippen LogP contribution in [0.2, 0.25) is 5.02 Å². The van der Waals surface area contributed by atoms with E-state index < -0.39 is 5.25 Å². The second-order valence-corrected chi connectivity index (χ2v) is 6.39. The molecule has 1 amide bonds. The van der Waals surface area contributed by atoms with Gasteiger partial charge in [-0.3, -0.25) is 4.79 Å². The van der Waals surface area contributed by atoms with Crippen LogP contribution in [0, 0.1) is 11.3 Å². The average molecular weight is 348 g/mol. The first kappa shape index (κ1) is 17.1. The van der Waals surface area contributed by atoms with Crippen LogP contribution in [0.1, 0.15) is 12.5 Å². The van der Waals surface area contributed by atoms with Crippen LogP contribution < -0.4 is 10.1 Å². The summed E-state index contributed by atoms with van der Waals surface area (Å²) >= 11 is 7.22. The summed E-state index contributed by atoms with van der Waals surface area (Å²) in [6.07, 6.45) is 1.55. The quantitative estimate of drug-likeness (QED) is 0.834. The Bertz CT molecular complexity index is 761. The van der Waals surface area contributed by atoms with Crippen LogP contribution in [0.25, 0.3) is 0 Å². The Morgan fingerprint density at radius 3 is 2.91 bits per heavy atom. The van der Waals surface area contributed by atoms with Crippen molar-refractivity contribution in [2.24, 2.45) is 0 Å². The van der Waals surface area contributed by atoms with Gasteiger partial charge in [-0.05, 0) is 37.3 Å². The van der Waals surface area contributed by atoms with E-state index in [1.807, 2.05) is 6.07 Å². The number of hydrogen-bond donors (Lipinski definition) is 1. The van der Waals surface area contributed by atoms with Crippen LogP contribution in [-0.2, 0) is 4.79 Å². The van der Waals surface area contributed by atoms with Crippen LogP contribution in [0.15, 0.2) is 41.6 Å². The maximum atomic E-state index is 12.3. The maximum absolute atomic E-state index is 12.3. The number of ether oxygens (including phenoxy) is 1. The summed E-state index contributed by atoms with van der Waals surface area (Å²) in [7, 11) is 1.52. The number of methoxy groups -OCH3 is 1. The smallest absolute Gasteiger partial charge is 0.237 e. The minimum Gasteiger partial charge on any atom is -0.495 e. The standard InChI is InChI=1S/C16H14ClN3O2S/c1-10(23-15-7-11(9-18)5-6-19-15)16(21)20-13-8-12(17)3-4-14(13)22-2/h3-8,10H,1-2H3,(H,20,21). The highest BCUT2D eigenvalue weighted by atomic mass is 35.5. The normalized spacial score (nSPS) is 11.4. The van der Waals surface area contributed by atoms with Gasteiger partial charge in [0.05, 0.1) is 34.7 Å². The number of nitrogens with zero attached hydrogens (tertiary/aromatic N) is 2. The molecule has 0 saturated heterocycles. The molecule has 1 aromatic heterocycles. The second kappa shape index (κ2) is 7.86. The van der Waals surface area contributed by atoms with Gasteiger partial charge in [0, 0.05) is 11.2 Å². The van der Waals surface area contributed by atoms with E-state index >= 15 is 0 Å². The molecular weight excluding hydrogens is 334 g/mol. The third-order valence-corrected chi connectivity index (χ3v) is 4.22. The number of pyridine rings is 1. The summed E-state index contributed by atoms with van der Waals surface area (Å²) < 4.78 is 5.20. The lowest BCUT2D eigenvalue weighted by Crippen LogP contribution is -2.22. The number of halogens is 1. The van der Waals surface area contributed by atoms with Crippen molar-refractivity contribution in [2.45, 2.75) is 17.2 Å². The topological polar surface area (TPSA) is 75.0 Å². The minimum atomic E-state index is -0.403. The van der Waals surface area contributed by atoms with Gasteiger partial charge in [0.25, 0.3) is 0 Å². The van der Waals surface area contributed by atoms with Crippen molar-refractivity contribution in [1.29, 1.82) is 5.26 Å². The van der Waals surface area contributed by atoms with Gasteiger partial charge in [0.1, 0.15) is 5.75 Å². The molecule has 0 saturated carbocycles. The molecule has 2 rings (SSSR count). The molecule has 7 heteroatoms. The summed E-state index contributed by atoms with van der Waals surface area (Å²) in [5.74, 6) is 0.323. The molecule has 1 N–H and O–H groups in total. The van der Waals surface area contributed by atoms with Crippen LogP contribution in [0.3, 0.4) is 0 Å². The number of benzene rings is 1. The van der Waals surface area contributed by atoms with Crippen molar-refractivity contribution in [2.75, 3.05) is 12.4 Å². The molecule has 1 heterocycles. The molecule has 0 radical (unpaired) electrons. The zero-order valence-electron chi connectivity index (χ0n) is 12.5. The molecule has 0 bridgehead atoms. The average Bonchev–Trinajstić information content (AvgIpc) is 2.55. The van der Waals surface area contributed by atoms with Gasteiger partial charge in [-0.25, -0.2) is 4.98 Å². The van der Waals surface area contributed by atoms with E-state index in [1.54, 1.807) is 43.5 Å². The molecule has 1 atom stereocenters. The lowest BCUT2D eigenvalue weighted by Gasteiger charge is -2.14. The van der Waals surface area contributed by atoms with Gasteiger partial charge in [-0.2, -0.15) is 5.26 Å². The molecule has 0 aliphatic carbocycles. The first-order valence-electron chi connectivity index (χ1n) is 6.70. The fourth-order valence-corrected chi connectivity index (χ4v) is 2.81. The Labute approximate surface area is 143 Å². The maximum Gasteiger partial charge on any atom is 0.237 e. The Balaban J connectivity index is 2.08. The summed E-state index contributed by atoms with van der Waals surface area (Å²) in [5.41, 5.74) is 1.02. The molecule has 0 spiro atoms. The molecule has 5 nitrogen and oxygen atoms in total. The predicted molar refractivity (Wildman–Crippen MR) is 90.9 cm³/mol. The van der Waals surface area contributed by atoms with E-state index in [0.29, 0.717) is 27.0 Å². The number of hydrogen-bond acceptors (Lipinski definition) is 5. The third-order valence-electron chi connectivity index (χ3n) is 2.95. The van der Waals surface area contributed by atoms with Crippen molar-refractivity contribution >= 4 is 35.0 Å². The molecular formula is C16H14ClN3O2S. The van der Waals surface area contributed by atoms with E-state index in [0.717, 1.165) is 0 Å². The highest BCUT2D eigenvalue weighted by molar-refractivity contribution is 8.00. The zero-order chi connectivity index (χ0) is 16.8. The van der Waals surface area contributed by atoms with Crippen LogP contribution >= 0.6 is 23.4 Å².